The Hall–Kier alpha value is -2.23. The third kappa shape index (κ3) is 2.41. The standard InChI is InChI=1S/C16H12F2O2/c17-13-6-11(7-14(18)8-13)16(19)12-5-10-3-1-2-4-15(10)20-9-12/h1-4,6-8,12H,5,9H2. The van der Waals surface area contributed by atoms with Crippen molar-refractivity contribution in [1.82, 2.24) is 0 Å². The van der Waals surface area contributed by atoms with E-state index in [0.717, 1.165) is 29.5 Å². The zero-order valence-corrected chi connectivity index (χ0v) is 10.6. The fraction of sp³-hybridized carbons (Fsp3) is 0.188. The van der Waals surface area contributed by atoms with Crippen LogP contribution < -0.4 is 4.74 Å². The van der Waals surface area contributed by atoms with Crippen molar-refractivity contribution in [3.8, 4) is 5.75 Å². The first-order valence-electron chi connectivity index (χ1n) is 6.34. The average Bonchev–Trinajstić information content (AvgIpc) is 2.45. The predicted octanol–water partition coefficient (Wildman–Crippen LogP) is 3.40. The van der Waals surface area contributed by atoms with Gasteiger partial charge in [0, 0.05) is 11.6 Å². The number of hydrogen-bond acceptors (Lipinski definition) is 2. The number of ketones is 1. The monoisotopic (exact) mass is 274 g/mol. The maximum atomic E-state index is 13.2. The van der Waals surface area contributed by atoms with Crippen molar-refractivity contribution in [2.24, 2.45) is 5.92 Å². The molecule has 0 saturated carbocycles. The highest BCUT2D eigenvalue weighted by atomic mass is 19.1. The van der Waals surface area contributed by atoms with Crippen LogP contribution in [-0.4, -0.2) is 12.4 Å². The van der Waals surface area contributed by atoms with Crippen LogP contribution in [0.15, 0.2) is 42.5 Å². The molecule has 0 aromatic heterocycles. The third-order valence-electron chi connectivity index (χ3n) is 3.40. The van der Waals surface area contributed by atoms with Gasteiger partial charge < -0.3 is 4.74 Å². The highest BCUT2D eigenvalue weighted by molar-refractivity contribution is 5.98. The summed E-state index contributed by atoms with van der Waals surface area (Å²) in [6.07, 6.45) is 0.521. The Kier molecular flexibility index (Phi) is 3.22. The zero-order chi connectivity index (χ0) is 14.1. The molecular formula is C16H12F2O2. The van der Waals surface area contributed by atoms with E-state index >= 15 is 0 Å². The van der Waals surface area contributed by atoms with Crippen LogP contribution in [0, 0.1) is 17.6 Å². The topological polar surface area (TPSA) is 26.3 Å². The maximum absolute atomic E-state index is 13.2. The van der Waals surface area contributed by atoms with Crippen LogP contribution in [0.4, 0.5) is 8.78 Å². The molecule has 0 fully saturated rings. The highest BCUT2D eigenvalue weighted by Crippen LogP contribution is 2.28. The molecule has 1 atom stereocenters. The summed E-state index contributed by atoms with van der Waals surface area (Å²) >= 11 is 0. The maximum Gasteiger partial charge on any atom is 0.169 e. The van der Waals surface area contributed by atoms with Crippen LogP contribution in [0.25, 0.3) is 0 Å². The van der Waals surface area contributed by atoms with Crippen LogP contribution >= 0.6 is 0 Å². The Labute approximate surface area is 115 Å². The first kappa shape index (κ1) is 12.8. The second-order valence-electron chi connectivity index (χ2n) is 4.84. The summed E-state index contributed by atoms with van der Waals surface area (Å²) in [5, 5.41) is 0. The van der Waals surface area contributed by atoms with Gasteiger partial charge >= 0.3 is 0 Å². The lowest BCUT2D eigenvalue weighted by Crippen LogP contribution is -2.28. The summed E-state index contributed by atoms with van der Waals surface area (Å²) in [5.74, 6) is -1.43. The van der Waals surface area contributed by atoms with E-state index in [1.165, 1.54) is 0 Å². The molecule has 2 nitrogen and oxygen atoms in total. The van der Waals surface area contributed by atoms with Crippen LogP contribution in [0.2, 0.25) is 0 Å². The van der Waals surface area contributed by atoms with Gasteiger partial charge in [-0.05, 0) is 30.2 Å². The van der Waals surface area contributed by atoms with Crippen molar-refractivity contribution >= 4 is 5.78 Å². The fourth-order valence-electron chi connectivity index (χ4n) is 2.43. The van der Waals surface area contributed by atoms with Gasteiger partial charge in [-0.2, -0.15) is 0 Å². The van der Waals surface area contributed by atoms with Crippen LogP contribution in [0.5, 0.6) is 5.75 Å². The van der Waals surface area contributed by atoms with Crippen molar-refractivity contribution in [3.05, 3.63) is 65.2 Å². The summed E-state index contributed by atoms with van der Waals surface area (Å²) < 4.78 is 31.9. The van der Waals surface area contributed by atoms with Gasteiger partial charge in [0.05, 0.1) is 12.5 Å². The zero-order valence-electron chi connectivity index (χ0n) is 10.6. The van der Waals surface area contributed by atoms with Gasteiger partial charge in [-0.3, -0.25) is 4.79 Å². The molecule has 0 spiro atoms. The number of fused-ring (bicyclic) bond motifs is 1. The van der Waals surface area contributed by atoms with Gasteiger partial charge in [0.1, 0.15) is 17.4 Å². The lowest BCUT2D eigenvalue weighted by atomic mass is 9.90. The van der Waals surface area contributed by atoms with Crippen LogP contribution in [0.1, 0.15) is 15.9 Å². The molecule has 0 N–H and O–H groups in total. The Morgan fingerprint density at radius 3 is 2.55 bits per heavy atom. The minimum atomic E-state index is -0.745. The van der Waals surface area contributed by atoms with E-state index in [1.807, 2.05) is 24.3 Å². The van der Waals surface area contributed by atoms with E-state index in [1.54, 1.807) is 0 Å². The number of carbonyl (C=O) groups is 1. The molecule has 1 aliphatic rings. The molecule has 0 amide bonds. The van der Waals surface area contributed by atoms with E-state index in [2.05, 4.69) is 0 Å². The molecule has 1 heterocycles. The summed E-state index contributed by atoms with van der Waals surface area (Å²) in [7, 11) is 0. The summed E-state index contributed by atoms with van der Waals surface area (Å²) in [6, 6.07) is 10.3. The van der Waals surface area contributed by atoms with E-state index in [0.29, 0.717) is 6.42 Å². The fourth-order valence-corrected chi connectivity index (χ4v) is 2.43. The first-order valence-corrected chi connectivity index (χ1v) is 6.34. The molecule has 1 unspecified atom stereocenters. The quantitative estimate of drug-likeness (QED) is 0.785. The Bertz CT molecular complexity index is 647. The second-order valence-corrected chi connectivity index (χ2v) is 4.84. The van der Waals surface area contributed by atoms with Crippen molar-refractivity contribution in [2.75, 3.05) is 6.61 Å². The molecule has 20 heavy (non-hydrogen) atoms. The largest absolute Gasteiger partial charge is 0.493 e. The van der Waals surface area contributed by atoms with E-state index < -0.39 is 17.6 Å². The van der Waals surface area contributed by atoms with Gasteiger partial charge in [0.25, 0.3) is 0 Å². The number of hydrogen-bond donors (Lipinski definition) is 0. The lowest BCUT2D eigenvalue weighted by Gasteiger charge is -2.24. The van der Waals surface area contributed by atoms with Crippen molar-refractivity contribution in [2.45, 2.75) is 6.42 Å². The van der Waals surface area contributed by atoms with Gasteiger partial charge in [-0.1, -0.05) is 18.2 Å². The van der Waals surface area contributed by atoms with Gasteiger partial charge in [-0.25, -0.2) is 8.78 Å². The van der Waals surface area contributed by atoms with E-state index in [-0.39, 0.29) is 18.0 Å². The normalized spacial score (nSPS) is 17.2. The Morgan fingerprint density at radius 1 is 1.10 bits per heavy atom. The number of benzene rings is 2. The number of para-hydroxylation sites is 1. The molecule has 2 aromatic rings. The SMILES string of the molecule is O=C(c1cc(F)cc(F)c1)C1COc2ccccc2C1. The highest BCUT2D eigenvalue weighted by Gasteiger charge is 2.27. The third-order valence-corrected chi connectivity index (χ3v) is 3.40. The molecule has 0 radical (unpaired) electrons. The number of ether oxygens (including phenoxy) is 1. The molecule has 0 saturated heterocycles. The van der Waals surface area contributed by atoms with Crippen molar-refractivity contribution < 1.29 is 18.3 Å². The number of halogens is 2. The van der Waals surface area contributed by atoms with Crippen molar-refractivity contribution in [3.63, 3.8) is 0 Å². The molecule has 0 bridgehead atoms. The molecular weight excluding hydrogens is 262 g/mol. The van der Waals surface area contributed by atoms with Crippen LogP contribution in [0.3, 0.4) is 0 Å². The van der Waals surface area contributed by atoms with E-state index in [4.69, 9.17) is 4.74 Å². The molecule has 102 valence electrons. The van der Waals surface area contributed by atoms with Gasteiger partial charge in [0.15, 0.2) is 5.78 Å². The molecule has 3 rings (SSSR count). The smallest absolute Gasteiger partial charge is 0.169 e. The summed E-state index contributed by atoms with van der Waals surface area (Å²) in [6.45, 7) is 0.230. The average molecular weight is 274 g/mol. The predicted molar refractivity (Wildman–Crippen MR) is 69.8 cm³/mol. The Morgan fingerprint density at radius 2 is 1.80 bits per heavy atom. The minimum Gasteiger partial charge on any atom is -0.493 e. The van der Waals surface area contributed by atoms with Gasteiger partial charge in [0.2, 0.25) is 0 Å². The molecule has 0 aliphatic carbocycles. The van der Waals surface area contributed by atoms with E-state index in [9.17, 15) is 13.6 Å². The lowest BCUT2D eigenvalue weighted by molar-refractivity contribution is 0.0854. The van der Waals surface area contributed by atoms with Gasteiger partial charge in [-0.15, -0.1) is 0 Å². The summed E-state index contributed by atoms with van der Waals surface area (Å²) in [5.41, 5.74) is 0.990. The number of Topliss-reactive ketones (excluding diaryl/α,β-unsaturated/α-hetero) is 1. The number of carbonyl (C=O) groups excluding carboxylic acids is 1. The molecule has 2 aromatic carbocycles. The van der Waals surface area contributed by atoms with Crippen LogP contribution in [-0.2, 0) is 6.42 Å². The molecule has 4 heteroatoms. The summed E-state index contributed by atoms with van der Waals surface area (Å²) in [4.78, 5) is 12.3. The van der Waals surface area contributed by atoms with Crippen molar-refractivity contribution in [1.29, 1.82) is 0 Å². The second kappa shape index (κ2) is 5.04. The number of rotatable bonds is 2. The Balaban J connectivity index is 1.86. The molecule has 1 aliphatic heterocycles. The minimum absolute atomic E-state index is 0.0514. The first-order chi connectivity index (χ1) is 9.63.